The smallest absolute Gasteiger partial charge is 0.207 e. The summed E-state index contributed by atoms with van der Waals surface area (Å²) >= 11 is 3.41. The third-order valence-electron chi connectivity index (χ3n) is 2.77. The van der Waals surface area contributed by atoms with E-state index in [9.17, 15) is 8.42 Å². The van der Waals surface area contributed by atoms with Gasteiger partial charge in [0.25, 0.3) is 0 Å². The lowest BCUT2D eigenvalue weighted by Gasteiger charge is -2.29. The van der Waals surface area contributed by atoms with Crippen LogP contribution >= 0.6 is 15.9 Å². The van der Waals surface area contributed by atoms with E-state index in [4.69, 9.17) is 0 Å². The maximum absolute atomic E-state index is 12.2. The molecule has 0 saturated carbocycles. The van der Waals surface area contributed by atoms with Crippen LogP contribution in [0.1, 0.15) is 26.3 Å². The number of benzene rings is 1. The summed E-state index contributed by atoms with van der Waals surface area (Å²) in [6.07, 6.45) is 0. The second-order valence-electron chi connectivity index (χ2n) is 4.71. The van der Waals surface area contributed by atoms with Gasteiger partial charge < -0.3 is 0 Å². The van der Waals surface area contributed by atoms with E-state index in [1.807, 2.05) is 26.8 Å². The highest BCUT2D eigenvalue weighted by molar-refractivity contribution is 9.09. The van der Waals surface area contributed by atoms with Crippen molar-refractivity contribution in [2.75, 3.05) is 0 Å². The zero-order chi connectivity index (χ0) is 13.3. The van der Waals surface area contributed by atoms with Crippen molar-refractivity contribution < 1.29 is 8.42 Å². The first-order valence-corrected chi connectivity index (χ1v) is 7.80. The Morgan fingerprint density at radius 1 is 1.29 bits per heavy atom. The summed E-state index contributed by atoms with van der Waals surface area (Å²) in [6.45, 7) is 7.41. The molecule has 0 aromatic heterocycles. The minimum absolute atomic E-state index is 0.0359. The Kier molecular flexibility index (Phi) is 4.38. The predicted octanol–water partition coefficient (Wildman–Crippen LogP) is 2.84. The van der Waals surface area contributed by atoms with Gasteiger partial charge >= 0.3 is 0 Å². The Morgan fingerprint density at radius 3 is 2.29 bits per heavy atom. The molecule has 0 bridgehead atoms. The molecule has 0 aliphatic carbocycles. The number of nitrogens with one attached hydrogen (secondary N) is 1. The van der Waals surface area contributed by atoms with Gasteiger partial charge in [-0.05, 0) is 32.4 Å². The van der Waals surface area contributed by atoms with Crippen molar-refractivity contribution in [1.29, 1.82) is 0 Å². The topological polar surface area (TPSA) is 46.2 Å². The van der Waals surface area contributed by atoms with Crippen molar-refractivity contribution >= 4 is 26.0 Å². The van der Waals surface area contributed by atoms with Gasteiger partial charge in [-0.1, -0.05) is 41.1 Å². The molecule has 0 saturated heterocycles. The van der Waals surface area contributed by atoms with Crippen molar-refractivity contribution in [3.05, 3.63) is 29.8 Å². The molecular formula is C12H18BrNO2S. The molecule has 0 aliphatic heterocycles. The number of hydrogen-bond acceptors (Lipinski definition) is 2. The SMILES string of the molecule is Cc1ccccc1S(=O)(=O)NC(C)(C)C(C)Br. The molecule has 1 rings (SSSR count). The monoisotopic (exact) mass is 319 g/mol. The number of halogens is 1. The van der Waals surface area contributed by atoms with E-state index >= 15 is 0 Å². The summed E-state index contributed by atoms with van der Waals surface area (Å²) in [4.78, 5) is 0.370. The second kappa shape index (κ2) is 5.08. The molecule has 0 spiro atoms. The van der Waals surface area contributed by atoms with Crippen molar-refractivity contribution in [1.82, 2.24) is 4.72 Å². The number of hydrogen-bond donors (Lipinski definition) is 1. The van der Waals surface area contributed by atoms with Crippen LogP contribution in [0.25, 0.3) is 0 Å². The molecule has 0 fully saturated rings. The zero-order valence-corrected chi connectivity index (χ0v) is 12.9. The normalized spacial score (nSPS) is 14.6. The molecule has 5 heteroatoms. The Hall–Kier alpha value is -0.390. The van der Waals surface area contributed by atoms with E-state index in [-0.39, 0.29) is 4.83 Å². The highest BCUT2D eigenvalue weighted by Gasteiger charge is 2.30. The first-order chi connectivity index (χ1) is 7.67. The molecule has 0 heterocycles. The van der Waals surface area contributed by atoms with Crippen molar-refractivity contribution in [2.24, 2.45) is 0 Å². The summed E-state index contributed by atoms with van der Waals surface area (Å²) in [7, 11) is -3.47. The highest BCUT2D eigenvalue weighted by Crippen LogP contribution is 2.21. The lowest BCUT2D eigenvalue weighted by molar-refractivity contribution is 0.453. The van der Waals surface area contributed by atoms with Gasteiger partial charge in [-0.25, -0.2) is 13.1 Å². The predicted molar refractivity (Wildman–Crippen MR) is 74.0 cm³/mol. The van der Waals surface area contributed by atoms with Gasteiger partial charge in [0.15, 0.2) is 0 Å². The van der Waals surface area contributed by atoms with Crippen LogP contribution in [0.2, 0.25) is 0 Å². The van der Waals surface area contributed by atoms with Crippen molar-refractivity contribution in [3.63, 3.8) is 0 Å². The number of rotatable bonds is 4. The Balaban J connectivity index is 3.11. The summed E-state index contributed by atoms with van der Waals surface area (Å²) in [5.41, 5.74) is 0.208. The third-order valence-corrected chi connectivity index (χ3v) is 5.75. The average Bonchev–Trinajstić information content (AvgIpc) is 2.16. The van der Waals surface area contributed by atoms with Gasteiger partial charge in [0.2, 0.25) is 10.0 Å². The third kappa shape index (κ3) is 3.53. The van der Waals surface area contributed by atoms with E-state index in [1.165, 1.54) is 0 Å². The van der Waals surface area contributed by atoms with Crippen LogP contribution in [0.3, 0.4) is 0 Å². The molecule has 1 aromatic carbocycles. The number of sulfonamides is 1. The van der Waals surface area contributed by atoms with Crippen LogP contribution in [0.15, 0.2) is 29.2 Å². The zero-order valence-electron chi connectivity index (χ0n) is 10.5. The molecule has 1 N–H and O–H groups in total. The van der Waals surface area contributed by atoms with Gasteiger partial charge in [-0.2, -0.15) is 0 Å². The van der Waals surface area contributed by atoms with Crippen LogP contribution in [-0.4, -0.2) is 18.8 Å². The molecule has 1 atom stereocenters. The number of alkyl halides is 1. The summed E-state index contributed by atoms with van der Waals surface area (Å²) < 4.78 is 27.2. The van der Waals surface area contributed by atoms with E-state index in [0.29, 0.717) is 4.90 Å². The quantitative estimate of drug-likeness (QED) is 0.867. The van der Waals surface area contributed by atoms with Gasteiger partial charge in [-0.15, -0.1) is 0 Å². The lowest BCUT2D eigenvalue weighted by atomic mass is 10.0. The number of aryl methyl sites for hydroxylation is 1. The Morgan fingerprint density at radius 2 is 1.82 bits per heavy atom. The van der Waals surface area contributed by atoms with Gasteiger partial charge in [0, 0.05) is 10.4 Å². The van der Waals surface area contributed by atoms with Crippen LogP contribution in [-0.2, 0) is 10.0 Å². The molecule has 96 valence electrons. The molecule has 1 aromatic rings. The van der Waals surface area contributed by atoms with Crippen LogP contribution in [0, 0.1) is 6.92 Å². The van der Waals surface area contributed by atoms with Gasteiger partial charge in [0.05, 0.1) is 4.90 Å². The van der Waals surface area contributed by atoms with Crippen LogP contribution < -0.4 is 4.72 Å². The molecular weight excluding hydrogens is 302 g/mol. The van der Waals surface area contributed by atoms with Crippen molar-refractivity contribution in [3.8, 4) is 0 Å². The van der Waals surface area contributed by atoms with E-state index in [2.05, 4.69) is 20.7 Å². The maximum Gasteiger partial charge on any atom is 0.241 e. The largest absolute Gasteiger partial charge is 0.241 e. The Labute approximate surface area is 112 Å². The summed E-state index contributed by atoms with van der Waals surface area (Å²) in [5, 5.41) is 0. The van der Waals surface area contributed by atoms with Crippen molar-refractivity contribution in [2.45, 2.75) is 43.0 Å². The average molecular weight is 320 g/mol. The molecule has 0 radical (unpaired) electrons. The Bertz CT molecular complexity index is 495. The molecule has 1 unspecified atom stereocenters. The fourth-order valence-corrected chi connectivity index (χ4v) is 3.34. The highest BCUT2D eigenvalue weighted by atomic mass is 79.9. The first kappa shape index (κ1) is 14.7. The minimum Gasteiger partial charge on any atom is -0.207 e. The van der Waals surface area contributed by atoms with Crippen LogP contribution in [0.5, 0.6) is 0 Å². The fourth-order valence-electron chi connectivity index (χ4n) is 1.34. The van der Waals surface area contributed by atoms with Gasteiger partial charge in [0.1, 0.15) is 0 Å². The summed E-state index contributed by atoms with van der Waals surface area (Å²) in [5.74, 6) is 0. The van der Waals surface area contributed by atoms with E-state index < -0.39 is 15.6 Å². The maximum atomic E-state index is 12.2. The fraction of sp³-hybridized carbons (Fsp3) is 0.500. The summed E-state index contributed by atoms with van der Waals surface area (Å²) in [6, 6.07) is 6.96. The van der Waals surface area contributed by atoms with E-state index in [1.54, 1.807) is 25.1 Å². The van der Waals surface area contributed by atoms with Gasteiger partial charge in [-0.3, -0.25) is 0 Å². The van der Waals surface area contributed by atoms with E-state index in [0.717, 1.165) is 5.56 Å². The second-order valence-corrected chi connectivity index (χ2v) is 7.73. The molecule has 17 heavy (non-hydrogen) atoms. The lowest BCUT2D eigenvalue weighted by Crippen LogP contribution is -2.48. The first-order valence-electron chi connectivity index (χ1n) is 5.40. The molecule has 0 aliphatic rings. The minimum atomic E-state index is -3.47. The standard InChI is InChI=1S/C12H18BrNO2S/c1-9-7-5-6-8-11(9)17(15,16)14-12(3,4)10(2)13/h5-8,10,14H,1-4H3. The molecule has 3 nitrogen and oxygen atoms in total. The molecule has 0 amide bonds. The van der Waals surface area contributed by atoms with Crippen LogP contribution in [0.4, 0.5) is 0 Å².